The van der Waals surface area contributed by atoms with Crippen LogP contribution in [-0.4, -0.2) is 25.6 Å². The number of benzene rings is 1. The van der Waals surface area contributed by atoms with E-state index in [2.05, 4.69) is 10.3 Å². The Hall–Kier alpha value is -2.08. The normalized spacial score (nSPS) is 11.3. The number of aromatic nitrogens is 1. The highest BCUT2D eigenvalue weighted by Gasteiger charge is 2.11. The Morgan fingerprint density at radius 1 is 1.16 bits per heavy atom. The number of H-pyrrole nitrogens is 1. The van der Waals surface area contributed by atoms with Crippen molar-refractivity contribution in [3.8, 4) is 0 Å². The molecule has 0 fully saturated rings. The van der Waals surface area contributed by atoms with Gasteiger partial charge in [-0.3, -0.25) is 4.79 Å². The van der Waals surface area contributed by atoms with Crippen LogP contribution in [0.25, 0.3) is 0 Å². The zero-order chi connectivity index (χ0) is 14.0. The van der Waals surface area contributed by atoms with Gasteiger partial charge in [-0.15, -0.1) is 0 Å². The fourth-order valence-electron chi connectivity index (χ4n) is 1.68. The average molecular weight is 278 g/mol. The van der Waals surface area contributed by atoms with Crippen LogP contribution in [0.5, 0.6) is 0 Å². The van der Waals surface area contributed by atoms with Crippen LogP contribution in [0, 0.1) is 6.92 Å². The molecule has 2 aromatic rings. The predicted octanol–water partition coefficient (Wildman–Crippen LogP) is 1.98. The maximum atomic E-state index is 11.9. The Balaban J connectivity index is 2.17. The van der Waals surface area contributed by atoms with E-state index >= 15 is 0 Å². The molecule has 2 rings (SSSR count). The van der Waals surface area contributed by atoms with Gasteiger partial charge in [-0.25, -0.2) is 8.42 Å². The number of rotatable bonds is 3. The SMILES string of the molecule is Cc1[nH]ccc1C(=O)Nc1ccc(S(C)(=O)=O)cc1. The van der Waals surface area contributed by atoms with Crippen molar-refractivity contribution in [3.05, 3.63) is 47.8 Å². The van der Waals surface area contributed by atoms with E-state index in [1.54, 1.807) is 24.4 Å². The molecule has 6 heteroatoms. The van der Waals surface area contributed by atoms with Crippen molar-refractivity contribution in [2.24, 2.45) is 0 Å². The van der Waals surface area contributed by atoms with E-state index in [-0.39, 0.29) is 10.8 Å². The Kier molecular flexibility index (Phi) is 3.44. The number of carbonyl (C=O) groups excluding carboxylic acids is 1. The van der Waals surface area contributed by atoms with Gasteiger partial charge in [-0.05, 0) is 37.3 Å². The lowest BCUT2D eigenvalue weighted by atomic mass is 10.2. The summed E-state index contributed by atoms with van der Waals surface area (Å²) in [5, 5.41) is 2.71. The van der Waals surface area contributed by atoms with Crippen molar-refractivity contribution in [2.75, 3.05) is 11.6 Å². The largest absolute Gasteiger partial charge is 0.365 e. The van der Waals surface area contributed by atoms with E-state index in [0.29, 0.717) is 11.3 Å². The maximum absolute atomic E-state index is 11.9. The molecule has 0 radical (unpaired) electrons. The molecule has 0 saturated heterocycles. The summed E-state index contributed by atoms with van der Waals surface area (Å²) in [6.45, 7) is 1.81. The van der Waals surface area contributed by atoms with Crippen LogP contribution in [0.2, 0.25) is 0 Å². The summed E-state index contributed by atoms with van der Waals surface area (Å²) in [5.74, 6) is -0.231. The molecular weight excluding hydrogens is 264 g/mol. The topological polar surface area (TPSA) is 79.0 Å². The first-order valence-corrected chi connectivity index (χ1v) is 7.52. The second-order valence-electron chi connectivity index (χ2n) is 4.27. The second kappa shape index (κ2) is 4.89. The number of aromatic amines is 1. The zero-order valence-corrected chi connectivity index (χ0v) is 11.4. The molecule has 2 N–H and O–H groups in total. The molecule has 5 nitrogen and oxygen atoms in total. The number of amides is 1. The lowest BCUT2D eigenvalue weighted by Crippen LogP contribution is -2.12. The third kappa shape index (κ3) is 3.03. The smallest absolute Gasteiger partial charge is 0.257 e. The first-order chi connectivity index (χ1) is 8.88. The van der Waals surface area contributed by atoms with Crippen LogP contribution in [0.15, 0.2) is 41.4 Å². The van der Waals surface area contributed by atoms with Crippen LogP contribution in [-0.2, 0) is 9.84 Å². The van der Waals surface area contributed by atoms with E-state index in [1.807, 2.05) is 6.92 Å². The summed E-state index contributed by atoms with van der Waals surface area (Å²) >= 11 is 0. The molecule has 0 atom stereocenters. The van der Waals surface area contributed by atoms with Gasteiger partial charge in [-0.2, -0.15) is 0 Å². The van der Waals surface area contributed by atoms with Crippen molar-refractivity contribution < 1.29 is 13.2 Å². The monoisotopic (exact) mass is 278 g/mol. The van der Waals surface area contributed by atoms with Gasteiger partial charge >= 0.3 is 0 Å². The minimum absolute atomic E-state index is 0.225. The summed E-state index contributed by atoms with van der Waals surface area (Å²) in [6.07, 6.45) is 2.83. The lowest BCUT2D eigenvalue weighted by molar-refractivity contribution is 0.102. The molecule has 0 aliphatic heterocycles. The highest BCUT2D eigenvalue weighted by molar-refractivity contribution is 7.90. The quantitative estimate of drug-likeness (QED) is 0.901. The number of hydrogen-bond donors (Lipinski definition) is 2. The number of nitrogens with one attached hydrogen (secondary N) is 2. The van der Waals surface area contributed by atoms with Crippen molar-refractivity contribution in [2.45, 2.75) is 11.8 Å². The predicted molar refractivity (Wildman–Crippen MR) is 73.0 cm³/mol. The fraction of sp³-hybridized carbons (Fsp3) is 0.154. The van der Waals surface area contributed by atoms with Crippen LogP contribution < -0.4 is 5.32 Å². The third-order valence-electron chi connectivity index (χ3n) is 2.74. The highest BCUT2D eigenvalue weighted by Crippen LogP contribution is 2.15. The summed E-state index contributed by atoms with van der Waals surface area (Å²) in [5.41, 5.74) is 1.90. The molecule has 1 amide bonds. The minimum Gasteiger partial charge on any atom is -0.365 e. The van der Waals surface area contributed by atoms with Gasteiger partial charge in [-0.1, -0.05) is 0 Å². The van der Waals surface area contributed by atoms with Crippen LogP contribution >= 0.6 is 0 Å². The molecule has 1 aromatic heterocycles. The summed E-state index contributed by atoms with van der Waals surface area (Å²) in [4.78, 5) is 15.1. The first-order valence-electron chi connectivity index (χ1n) is 5.63. The van der Waals surface area contributed by atoms with Gasteiger partial charge in [0.25, 0.3) is 5.91 Å². The fourth-order valence-corrected chi connectivity index (χ4v) is 2.31. The Morgan fingerprint density at radius 3 is 2.26 bits per heavy atom. The lowest BCUT2D eigenvalue weighted by Gasteiger charge is -2.05. The molecule has 0 spiro atoms. The van der Waals surface area contributed by atoms with Crippen molar-refractivity contribution in [1.29, 1.82) is 0 Å². The van der Waals surface area contributed by atoms with Crippen molar-refractivity contribution in [3.63, 3.8) is 0 Å². The van der Waals surface area contributed by atoms with Gasteiger partial charge in [0.15, 0.2) is 9.84 Å². The van der Waals surface area contributed by atoms with Gasteiger partial charge in [0.05, 0.1) is 10.5 Å². The molecule has 0 unspecified atom stereocenters. The summed E-state index contributed by atoms with van der Waals surface area (Å²) in [7, 11) is -3.22. The highest BCUT2D eigenvalue weighted by atomic mass is 32.2. The molecule has 0 bridgehead atoms. The Bertz CT molecular complexity index is 700. The van der Waals surface area contributed by atoms with Gasteiger partial charge in [0.2, 0.25) is 0 Å². The van der Waals surface area contributed by atoms with Crippen molar-refractivity contribution in [1.82, 2.24) is 4.98 Å². The molecule has 0 aliphatic carbocycles. The molecule has 100 valence electrons. The summed E-state index contributed by atoms with van der Waals surface area (Å²) < 4.78 is 22.6. The van der Waals surface area contributed by atoms with E-state index in [0.717, 1.165) is 11.9 Å². The molecule has 0 saturated carbocycles. The summed E-state index contributed by atoms with van der Waals surface area (Å²) in [6, 6.07) is 7.76. The molecule has 1 heterocycles. The van der Waals surface area contributed by atoms with E-state index in [9.17, 15) is 13.2 Å². The minimum atomic E-state index is -3.22. The van der Waals surface area contributed by atoms with Gasteiger partial charge in [0.1, 0.15) is 0 Å². The third-order valence-corrected chi connectivity index (χ3v) is 3.87. The average Bonchev–Trinajstić information content (AvgIpc) is 2.75. The second-order valence-corrected chi connectivity index (χ2v) is 6.28. The van der Waals surface area contributed by atoms with E-state index < -0.39 is 9.84 Å². The zero-order valence-electron chi connectivity index (χ0n) is 10.6. The maximum Gasteiger partial charge on any atom is 0.257 e. The first kappa shape index (κ1) is 13.4. The number of hydrogen-bond acceptors (Lipinski definition) is 3. The number of carbonyl (C=O) groups is 1. The molecule has 1 aromatic carbocycles. The van der Waals surface area contributed by atoms with Gasteiger partial charge in [0, 0.05) is 23.8 Å². The standard InChI is InChI=1S/C13H14N2O3S/c1-9-12(7-8-14-9)13(16)15-10-3-5-11(6-4-10)19(2,17)18/h3-8,14H,1-2H3,(H,15,16). The Morgan fingerprint density at radius 2 is 1.79 bits per heavy atom. The molecule has 19 heavy (non-hydrogen) atoms. The number of anilines is 1. The van der Waals surface area contributed by atoms with E-state index in [4.69, 9.17) is 0 Å². The van der Waals surface area contributed by atoms with Gasteiger partial charge < -0.3 is 10.3 Å². The van der Waals surface area contributed by atoms with E-state index in [1.165, 1.54) is 12.1 Å². The molecular formula is C13H14N2O3S. The van der Waals surface area contributed by atoms with Crippen LogP contribution in [0.4, 0.5) is 5.69 Å². The van der Waals surface area contributed by atoms with Crippen molar-refractivity contribution >= 4 is 21.4 Å². The number of sulfone groups is 1. The van der Waals surface area contributed by atoms with Crippen LogP contribution in [0.1, 0.15) is 16.1 Å². The number of aryl methyl sites for hydroxylation is 1. The Labute approximate surface area is 111 Å². The van der Waals surface area contributed by atoms with Crippen LogP contribution in [0.3, 0.4) is 0 Å². The molecule has 0 aliphatic rings.